The molecule has 0 atom stereocenters. The van der Waals surface area contributed by atoms with Crippen LogP contribution in [0.3, 0.4) is 0 Å². The molecule has 0 amide bonds. The third-order valence-corrected chi connectivity index (χ3v) is 5.05. The molecule has 0 saturated heterocycles. The minimum Gasteiger partial charge on any atom is -0.437 e. The number of ether oxygens (including phenoxy) is 1. The van der Waals surface area contributed by atoms with Gasteiger partial charge >= 0.3 is 0 Å². The molecule has 0 unspecified atom stereocenters. The van der Waals surface area contributed by atoms with Gasteiger partial charge < -0.3 is 13.7 Å². The van der Waals surface area contributed by atoms with Crippen LogP contribution in [0.15, 0.2) is 64.1 Å². The topological polar surface area (TPSA) is 91.2 Å². The number of halogens is 1. The lowest BCUT2D eigenvalue weighted by Gasteiger charge is -2.09. The van der Waals surface area contributed by atoms with Gasteiger partial charge in [-0.3, -0.25) is 0 Å². The summed E-state index contributed by atoms with van der Waals surface area (Å²) in [6.45, 7) is 3.93. The van der Waals surface area contributed by atoms with Crippen molar-refractivity contribution in [2.45, 2.75) is 13.8 Å². The molecule has 0 radical (unpaired) electrons. The molecule has 5 aromatic rings. The van der Waals surface area contributed by atoms with Gasteiger partial charge in [0, 0.05) is 24.8 Å². The number of hydrogen-bond acceptors (Lipinski definition) is 7. The first-order valence-electron chi connectivity index (χ1n) is 9.12. The van der Waals surface area contributed by atoms with Crippen molar-refractivity contribution in [2.24, 2.45) is 0 Å². The molecular formula is C21H15BrN6O2. The fraction of sp³-hybridized carbons (Fsp3) is 0.0952. The molecule has 8 nitrogen and oxygen atoms in total. The predicted molar refractivity (Wildman–Crippen MR) is 113 cm³/mol. The van der Waals surface area contributed by atoms with Crippen LogP contribution in [0.25, 0.3) is 28.6 Å². The summed E-state index contributed by atoms with van der Waals surface area (Å²) in [7, 11) is 0. The SMILES string of the molecule is Cc1ccc(Oc2ncccc2-c2noc(-c3nccn4cc(C)nc34)n2)c(Br)c1. The van der Waals surface area contributed by atoms with Crippen LogP contribution in [0.4, 0.5) is 0 Å². The number of imidazole rings is 1. The highest BCUT2D eigenvalue weighted by Crippen LogP contribution is 2.34. The van der Waals surface area contributed by atoms with Gasteiger partial charge in [-0.25, -0.2) is 15.0 Å². The Labute approximate surface area is 179 Å². The van der Waals surface area contributed by atoms with Gasteiger partial charge in [-0.1, -0.05) is 11.2 Å². The summed E-state index contributed by atoms with van der Waals surface area (Å²) < 4.78 is 14.2. The maximum atomic E-state index is 6.03. The van der Waals surface area contributed by atoms with Gasteiger partial charge in [0.1, 0.15) is 5.75 Å². The van der Waals surface area contributed by atoms with E-state index in [2.05, 4.69) is 41.0 Å². The second-order valence-electron chi connectivity index (χ2n) is 6.70. The summed E-state index contributed by atoms with van der Waals surface area (Å²) in [5.41, 5.74) is 3.75. The fourth-order valence-electron chi connectivity index (χ4n) is 3.06. The van der Waals surface area contributed by atoms with E-state index < -0.39 is 0 Å². The standard InChI is InChI=1S/C21H15BrN6O2/c1-12-5-6-16(15(22)10-12)29-20-14(4-3-7-24-20)18-26-21(30-27-18)17-19-25-13(2)11-28(19)9-8-23-17/h3-11H,1-2H3. The highest BCUT2D eigenvalue weighted by atomic mass is 79.9. The molecule has 0 aliphatic rings. The van der Waals surface area contributed by atoms with E-state index in [-0.39, 0.29) is 5.89 Å². The van der Waals surface area contributed by atoms with Crippen molar-refractivity contribution in [2.75, 3.05) is 0 Å². The van der Waals surface area contributed by atoms with Gasteiger partial charge in [-0.2, -0.15) is 4.98 Å². The molecule has 4 aromatic heterocycles. The molecule has 0 N–H and O–H groups in total. The molecule has 9 heteroatoms. The van der Waals surface area contributed by atoms with Gasteiger partial charge in [-0.15, -0.1) is 0 Å². The van der Waals surface area contributed by atoms with Crippen molar-refractivity contribution in [1.29, 1.82) is 0 Å². The smallest absolute Gasteiger partial charge is 0.280 e. The van der Waals surface area contributed by atoms with Gasteiger partial charge in [0.15, 0.2) is 11.3 Å². The molecule has 0 saturated carbocycles. The molecule has 4 heterocycles. The highest BCUT2D eigenvalue weighted by Gasteiger charge is 2.19. The summed E-state index contributed by atoms with van der Waals surface area (Å²) in [4.78, 5) is 17.7. The number of fused-ring (bicyclic) bond motifs is 1. The Kier molecular flexibility index (Phi) is 4.51. The van der Waals surface area contributed by atoms with Crippen molar-refractivity contribution < 1.29 is 9.26 Å². The van der Waals surface area contributed by atoms with Crippen molar-refractivity contribution in [3.05, 3.63) is 70.8 Å². The van der Waals surface area contributed by atoms with Gasteiger partial charge in [0.05, 0.1) is 15.7 Å². The lowest BCUT2D eigenvalue weighted by molar-refractivity contribution is 0.429. The zero-order valence-corrected chi connectivity index (χ0v) is 17.7. The van der Waals surface area contributed by atoms with Crippen LogP contribution in [-0.4, -0.2) is 29.5 Å². The number of benzene rings is 1. The Hall–Kier alpha value is -3.59. The molecule has 1 aromatic carbocycles. The molecule has 0 fully saturated rings. The van der Waals surface area contributed by atoms with Crippen molar-refractivity contribution in [3.8, 4) is 34.6 Å². The van der Waals surface area contributed by atoms with E-state index in [1.807, 2.05) is 54.9 Å². The summed E-state index contributed by atoms with van der Waals surface area (Å²) >= 11 is 3.52. The molecule has 0 spiro atoms. The largest absolute Gasteiger partial charge is 0.437 e. The van der Waals surface area contributed by atoms with Crippen molar-refractivity contribution >= 4 is 21.6 Å². The Morgan fingerprint density at radius 3 is 2.83 bits per heavy atom. The summed E-state index contributed by atoms with van der Waals surface area (Å²) in [6.07, 6.45) is 7.05. The quantitative estimate of drug-likeness (QED) is 0.370. The first kappa shape index (κ1) is 18.4. The highest BCUT2D eigenvalue weighted by molar-refractivity contribution is 9.10. The van der Waals surface area contributed by atoms with Gasteiger partial charge in [0.25, 0.3) is 5.89 Å². The summed E-state index contributed by atoms with van der Waals surface area (Å²) in [6, 6.07) is 9.44. The summed E-state index contributed by atoms with van der Waals surface area (Å²) in [5.74, 6) is 1.64. The molecule has 148 valence electrons. The molecule has 0 bridgehead atoms. The Balaban J connectivity index is 1.54. The number of rotatable bonds is 4. The van der Waals surface area contributed by atoms with Crippen LogP contribution >= 0.6 is 15.9 Å². The number of aromatic nitrogens is 6. The third-order valence-electron chi connectivity index (χ3n) is 4.43. The van der Waals surface area contributed by atoms with E-state index in [4.69, 9.17) is 9.26 Å². The molecule has 5 rings (SSSR count). The molecular weight excluding hydrogens is 448 g/mol. The third kappa shape index (κ3) is 3.33. The maximum absolute atomic E-state index is 6.03. The molecule has 0 aliphatic carbocycles. The minimum atomic E-state index is 0.271. The van der Waals surface area contributed by atoms with Crippen LogP contribution in [0.5, 0.6) is 11.6 Å². The number of nitrogens with zero attached hydrogens (tertiary/aromatic N) is 6. The molecule has 30 heavy (non-hydrogen) atoms. The average molecular weight is 463 g/mol. The first-order valence-corrected chi connectivity index (χ1v) is 9.91. The molecule has 0 aliphatic heterocycles. The monoisotopic (exact) mass is 462 g/mol. The van der Waals surface area contributed by atoms with E-state index in [0.29, 0.717) is 34.4 Å². The van der Waals surface area contributed by atoms with Crippen LogP contribution < -0.4 is 4.74 Å². The van der Waals surface area contributed by atoms with Crippen LogP contribution in [-0.2, 0) is 0 Å². The van der Waals surface area contributed by atoms with E-state index in [1.165, 1.54) is 0 Å². The van der Waals surface area contributed by atoms with Gasteiger partial charge in [-0.05, 0) is 59.6 Å². The minimum absolute atomic E-state index is 0.271. The van der Waals surface area contributed by atoms with Crippen LogP contribution in [0.1, 0.15) is 11.3 Å². The average Bonchev–Trinajstić information content (AvgIpc) is 3.36. The lowest BCUT2D eigenvalue weighted by atomic mass is 10.2. The normalized spacial score (nSPS) is 11.2. The Bertz CT molecular complexity index is 1380. The Morgan fingerprint density at radius 1 is 1.07 bits per heavy atom. The second kappa shape index (κ2) is 7.34. The number of aryl methyl sites for hydroxylation is 2. The number of hydrogen-bond donors (Lipinski definition) is 0. The van der Waals surface area contributed by atoms with E-state index in [0.717, 1.165) is 15.7 Å². The van der Waals surface area contributed by atoms with Crippen molar-refractivity contribution in [3.63, 3.8) is 0 Å². The van der Waals surface area contributed by atoms with E-state index in [1.54, 1.807) is 18.5 Å². The first-order chi connectivity index (χ1) is 14.6. The maximum Gasteiger partial charge on any atom is 0.280 e. The van der Waals surface area contributed by atoms with E-state index >= 15 is 0 Å². The summed E-state index contributed by atoms with van der Waals surface area (Å²) in [5, 5.41) is 4.12. The van der Waals surface area contributed by atoms with Crippen LogP contribution in [0.2, 0.25) is 0 Å². The number of pyridine rings is 1. The zero-order valence-electron chi connectivity index (χ0n) is 16.1. The fourth-order valence-corrected chi connectivity index (χ4v) is 3.63. The van der Waals surface area contributed by atoms with Gasteiger partial charge in [0.2, 0.25) is 11.7 Å². The van der Waals surface area contributed by atoms with E-state index in [9.17, 15) is 0 Å². The van der Waals surface area contributed by atoms with Crippen molar-refractivity contribution in [1.82, 2.24) is 29.5 Å². The Morgan fingerprint density at radius 2 is 1.97 bits per heavy atom. The van der Waals surface area contributed by atoms with Crippen LogP contribution in [0, 0.1) is 13.8 Å². The lowest BCUT2D eigenvalue weighted by Crippen LogP contribution is -1.94. The predicted octanol–water partition coefficient (Wildman–Crippen LogP) is 5.01. The second-order valence-corrected chi connectivity index (χ2v) is 7.56. The zero-order chi connectivity index (χ0) is 20.7.